The SMILES string of the molecule is CCNc1nnc(SCC(=O)N[C@@H](C)c2ccccc2Cl)s1. The number of thioether (sulfide) groups is 1. The fourth-order valence-electron chi connectivity index (χ4n) is 1.81. The van der Waals surface area contributed by atoms with Crippen LogP contribution >= 0.6 is 34.7 Å². The summed E-state index contributed by atoms with van der Waals surface area (Å²) in [5.41, 5.74) is 0.910. The average molecular weight is 357 g/mol. The highest BCUT2D eigenvalue weighted by Crippen LogP contribution is 2.26. The van der Waals surface area contributed by atoms with E-state index in [2.05, 4.69) is 20.8 Å². The summed E-state index contributed by atoms with van der Waals surface area (Å²) < 4.78 is 0.775. The van der Waals surface area contributed by atoms with Crippen molar-refractivity contribution in [3.8, 4) is 0 Å². The Hall–Kier alpha value is -1.31. The van der Waals surface area contributed by atoms with Crippen molar-refractivity contribution in [1.29, 1.82) is 0 Å². The van der Waals surface area contributed by atoms with E-state index in [0.717, 1.165) is 21.6 Å². The molecule has 0 radical (unpaired) electrons. The van der Waals surface area contributed by atoms with Crippen molar-refractivity contribution in [2.24, 2.45) is 0 Å². The molecule has 0 saturated carbocycles. The van der Waals surface area contributed by atoms with Crippen LogP contribution < -0.4 is 10.6 Å². The van der Waals surface area contributed by atoms with Crippen LogP contribution in [0.2, 0.25) is 5.02 Å². The number of halogens is 1. The molecule has 2 N–H and O–H groups in total. The maximum atomic E-state index is 12.0. The highest BCUT2D eigenvalue weighted by molar-refractivity contribution is 8.01. The highest BCUT2D eigenvalue weighted by atomic mass is 35.5. The summed E-state index contributed by atoms with van der Waals surface area (Å²) in [6.07, 6.45) is 0. The summed E-state index contributed by atoms with van der Waals surface area (Å²) in [4.78, 5) is 12.0. The first-order valence-corrected chi connectivity index (χ1v) is 9.02. The second kappa shape index (κ2) is 8.36. The van der Waals surface area contributed by atoms with E-state index in [-0.39, 0.29) is 11.9 Å². The molecule has 0 aliphatic rings. The molecule has 1 heterocycles. The lowest BCUT2D eigenvalue weighted by atomic mass is 10.1. The van der Waals surface area contributed by atoms with E-state index in [9.17, 15) is 4.79 Å². The van der Waals surface area contributed by atoms with Gasteiger partial charge in [0.05, 0.1) is 11.8 Å². The van der Waals surface area contributed by atoms with Gasteiger partial charge in [-0.05, 0) is 25.5 Å². The number of hydrogen-bond donors (Lipinski definition) is 2. The minimum Gasteiger partial charge on any atom is -0.360 e. The molecule has 0 fully saturated rings. The predicted octanol–water partition coefficient (Wildman–Crippen LogP) is 3.59. The van der Waals surface area contributed by atoms with Gasteiger partial charge in [-0.25, -0.2) is 0 Å². The van der Waals surface area contributed by atoms with E-state index in [4.69, 9.17) is 11.6 Å². The second-order valence-electron chi connectivity index (χ2n) is 4.50. The van der Waals surface area contributed by atoms with E-state index in [1.807, 2.05) is 38.1 Å². The molecule has 1 aromatic heterocycles. The first-order chi connectivity index (χ1) is 10.6. The van der Waals surface area contributed by atoms with Crippen LogP contribution in [0.4, 0.5) is 5.13 Å². The summed E-state index contributed by atoms with van der Waals surface area (Å²) in [6, 6.07) is 7.37. The standard InChI is InChI=1S/C14H17ClN4OS2/c1-3-16-13-18-19-14(22-13)21-8-12(20)17-9(2)10-6-4-5-7-11(10)15/h4-7,9H,3,8H2,1-2H3,(H,16,18)(H,17,20)/t9-/m0/s1. The van der Waals surface area contributed by atoms with E-state index >= 15 is 0 Å². The number of benzene rings is 1. The Kier molecular flexibility index (Phi) is 6.48. The lowest BCUT2D eigenvalue weighted by Crippen LogP contribution is -2.28. The average Bonchev–Trinajstić information content (AvgIpc) is 2.93. The van der Waals surface area contributed by atoms with Gasteiger partial charge in [0.2, 0.25) is 11.0 Å². The molecule has 0 aliphatic heterocycles. The molecule has 1 atom stereocenters. The predicted molar refractivity (Wildman–Crippen MR) is 92.8 cm³/mol. The number of carbonyl (C=O) groups excluding carboxylic acids is 1. The van der Waals surface area contributed by atoms with Gasteiger partial charge in [0, 0.05) is 11.6 Å². The number of anilines is 1. The Morgan fingerprint density at radius 1 is 1.41 bits per heavy atom. The zero-order valence-corrected chi connectivity index (χ0v) is 14.7. The van der Waals surface area contributed by atoms with Crippen molar-refractivity contribution < 1.29 is 4.79 Å². The molecule has 22 heavy (non-hydrogen) atoms. The monoisotopic (exact) mass is 356 g/mol. The Morgan fingerprint density at radius 2 is 2.18 bits per heavy atom. The highest BCUT2D eigenvalue weighted by Gasteiger charge is 2.13. The third-order valence-electron chi connectivity index (χ3n) is 2.81. The molecule has 5 nitrogen and oxygen atoms in total. The van der Waals surface area contributed by atoms with Crippen LogP contribution in [0.5, 0.6) is 0 Å². The fourth-order valence-corrected chi connectivity index (χ4v) is 3.74. The van der Waals surface area contributed by atoms with Gasteiger partial charge >= 0.3 is 0 Å². The van der Waals surface area contributed by atoms with Crippen LogP contribution in [-0.4, -0.2) is 28.4 Å². The third kappa shape index (κ3) is 4.86. The minimum atomic E-state index is -0.131. The molecule has 0 aliphatic carbocycles. The number of aromatic nitrogens is 2. The quantitative estimate of drug-likeness (QED) is 0.742. The molecular formula is C14H17ClN4OS2. The molecule has 0 spiro atoms. The Balaban J connectivity index is 1.83. The van der Waals surface area contributed by atoms with Crippen LogP contribution in [0.25, 0.3) is 0 Å². The normalized spacial score (nSPS) is 12.0. The van der Waals surface area contributed by atoms with Crippen molar-refractivity contribution >= 4 is 45.7 Å². The zero-order chi connectivity index (χ0) is 15.9. The summed E-state index contributed by atoms with van der Waals surface area (Å²) in [7, 11) is 0. The lowest BCUT2D eigenvalue weighted by Gasteiger charge is -2.15. The smallest absolute Gasteiger partial charge is 0.230 e. The van der Waals surface area contributed by atoms with E-state index in [1.165, 1.54) is 23.1 Å². The zero-order valence-electron chi connectivity index (χ0n) is 12.3. The van der Waals surface area contributed by atoms with Gasteiger partial charge in [-0.3, -0.25) is 4.79 Å². The first-order valence-electron chi connectivity index (χ1n) is 6.84. The van der Waals surface area contributed by atoms with Crippen molar-refractivity contribution in [3.63, 3.8) is 0 Å². The number of carbonyl (C=O) groups is 1. The van der Waals surface area contributed by atoms with Gasteiger partial charge in [-0.1, -0.05) is 52.9 Å². The third-order valence-corrected chi connectivity index (χ3v) is 5.17. The molecule has 0 unspecified atom stereocenters. The molecule has 118 valence electrons. The van der Waals surface area contributed by atoms with Gasteiger partial charge in [-0.2, -0.15) is 0 Å². The number of rotatable bonds is 7. The number of amides is 1. The molecule has 0 saturated heterocycles. The van der Waals surface area contributed by atoms with E-state index in [1.54, 1.807) is 0 Å². The van der Waals surface area contributed by atoms with Gasteiger partial charge in [-0.15, -0.1) is 10.2 Å². The topological polar surface area (TPSA) is 66.9 Å². The summed E-state index contributed by atoms with van der Waals surface area (Å²) in [5, 5.41) is 15.5. The number of hydrogen-bond acceptors (Lipinski definition) is 6. The fraction of sp³-hybridized carbons (Fsp3) is 0.357. The lowest BCUT2D eigenvalue weighted by molar-refractivity contribution is -0.119. The van der Waals surface area contributed by atoms with Crippen LogP contribution in [0, 0.1) is 0 Å². The van der Waals surface area contributed by atoms with Crippen LogP contribution in [0.15, 0.2) is 28.6 Å². The molecular weight excluding hydrogens is 340 g/mol. The molecule has 1 amide bonds. The van der Waals surface area contributed by atoms with Crippen molar-refractivity contribution in [1.82, 2.24) is 15.5 Å². The number of nitrogens with zero attached hydrogens (tertiary/aromatic N) is 2. The van der Waals surface area contributed by atoms with Crippen LogP contribution in [0.1, 0.15) is 25.5 Å². The maximum Gasteiger partial charge on any atom is 0.230 e. The molecule has 2 aromatic rings. The van der Waals surface area contributed by atoms with Crippen LogP contribution in [-0.2, 0) is 4.79 Å². The number of nitrogens with one attached hydrogen (secondary N) is 2. The van der Waals surface area contributed by atoms with Gasteiger partial charge in [0.15, 0.2) is 4.34 Å². The van der Waals surface area contributed by atoms with Crippen molar-refractivity contribution in [2.75, 3.05) is 17.6 Å². The van der Waals surface area contributed by atoms with Gasteiger partial charge in [0.1, 0.15) is 0 Å². The largest absolute Gasteiger partial charge is 0.360 e. The molecule has 0 bridgehead atoms. The Labute approximate surface area is 142 Å². The summed E-state index contributed by atoms with van der Waals surface area (Å²) in [5.74, 6) is 0.243. The van der Waals surface area contributed by atoms with E-state index < -0.39 is 0 Å². The Bertz CT molecular complexity index is 635. The summed E-state index contributed by atoms with van der Waals surface area (Å²) in [6.45, 7) is 4.71. The van der Waals surface area contributed by atoms with Crippen molar-refractivity contribution in [2.45, 2.75) is 24.2 Å². The van der Waals surface area contributed by atoms with Crippen LogP contribution in [0.3, 0.4) is 0 Å². The van der Waals surface area contributed by atoms with E-state index in [0.29, 0.717) is 10.8 Å². The summed E-state index contributed by atoms with van der Waals surface area (Å²) >= 11 is 8.95. The maximum absolute atomic E-state index is 12.0. The molecule has 2 rings (SSSR count). The second-order valence-corrected chi connectivity index (χ2v) is 7.11. The molecule has 8 heteroatoms. The Morgan fingerprint density at radius 3 is 2.91 bits per heavy atom. The first kappa shape index (κ1) is 17.1. The molecule has 1 aromatic carbocycles. The van der Waals surface area contributed by atoms with Gasteiger partial charge in [0.25, 0.3) is 0 Å². The van der Waals surface area contributed by atoms with Crippen molar-refractivity contribution in [3.05, 3.63) is 34.9 Å². The minimum absolute atomic E-state index is 0.0578. The van der Waals surface area contributed by atoms with Gasteiger partial charge < -0.3 is 10.6 Å².